The molecule has 0 radical (unpaired) electrons. The lowest BCUT2D eigenvalue weighted by molar-refractivity contribution is 0.853. The van der Waals surface area contributed by atoms with Crippen LogP contribution >= 0.6 is 23.4 Å². The van der Waals surface area contributed by atoms with Crippen LogP contribution in [0, 0.1) is 0 Å². The quantitative estimate of drug-likeness (QED) is 0.563. The minimum atomic E-state index is 0.570. The Morgan fingerprint density at radius 3 is 2.73 bits per heavy atom. The van der Waals surface area contributed by atoms with E-state index >= 15 is 0 Å². The molecule has 0 spiro atoms. The molecule has 0 aliphatic heterocycles. The van der Waals surface area contributed by atoms with Gasteiger partial charge in [0.2, 0.25) is 0 Å². The van der Waals surface area contributed by atoms with Crippen molar-refractivity contribution in [1.82, 2.24) is 9.97 Å². The van der Waals surface area contributed by atoms with E-state index in [4.69, 9.17) is 11.6 Å². The van der Waals surface area contributed by atoms with Crippen LogP contribution in [0.4, 0.5) is 0 Å². The Kier molecular flexibility index (Phi) is 6.03. The average molecular weight is 245 g/mol. The first-order valence-corrected chi connectivity index (χ1v) is 6.89. The second-order valence-corrected chi connectivity index (χ2v) is 4.89. The zero-order valence-corrected chi connectivity index (χ0v) is 10.9. The maximum Gasteiger partial charge on any atom is 0.140 e. The number of halogens is 1. The minimum absolute atomic E-state index is 0.570. The molecule has 0 bridgehead atoms. The van der Waals surface area contributed by atoms with Crippen LogP contribution in [-0.4, -0.2) is 15.7 Å². The van der Waals surface area contributed by atoms with Crippen molar-refractivity contribution in [2.75, 3.05) is 5.75 Å². The lowest BCUT2D eigenvalue weighted by atomic mass is 10.2. The molecule has 1 rings (SSSR count). The molecule has 0 aliphatic rings. The first-order chi connectivity index (χ1) is 7.26. The normalized spacial score (nSPS) is 10.6. The van der Waals surface area contributed by atoms with E-state index in [-0.39, 0.29) is 0 Å². The standard InChI is InChI=1S/C11H17ClN2S/c1-3-5-9-7-10(12)14-11(13-9)8-15-6-4-2/h7H,3-6,8H2,1-2H3. The fourth-order valence-corrected chi connectivity index (χ4v) is 2.24. The molecule has 0 fully saturated rings. The summed E-state index contributed by atoms with van der Waals surface area (Å²) in [5.74, 6) is 2.88. The molecule has 0 saturated carbocycles. The van der Waals surface area contributed by atoms with Crippen molar-refractivity contribution in [3.05, 3.63) is 22.7 Å². The van der Waals surface area contributed by atoms with Gasteiger partial charge in [0, 0.05) is 5.69 Å². The zero-order valence-electron chi connectivity index (χ0n) is 9.29. The monoisotopic (exact) mass is 244 g/mol. The Hall–Kier alpha value is -0.280. The topological polar surface area (TPSA) is 25.8 Å². The molecule has 1 aromatic heterocycles. The van der Waals surface area contributed by atoms with E-state index in [1.807, 2.05) is 17.8 Å². The van der Waals surface area contributed by atoms with Gasteiger partial charge in [-0.25, -0.2) is 9.97 Å². The molecule has 0 N–H and O–H groups in total. The fraction of sp³-hybridized carbons (Fsp3) is 0.636. The van der Waals surface area contributed by atoms with Crippen molar-refractivity contribution in [3.8, 4) is 0 Å². The van der Waals surface area contributed by atoms with Crippen LogP contribution in [0.2, 0.25) is 5.15 Å². The molecule has 0 saturated heterocycles. The Bertz CT molecular complexity index is 305. The first-order valence-electron chi connectivity index (χ1n) is 5.36. The van der Waals surface area contributed by atoms with Crippen LogP contribution in [0.1, 0.15) is 38.2 Å². The van der Waals surface area contributed by atoms with E-state index in [0.717, 1.165) is 35.9 Å². The number of rotatable bonds is 6. The summed E-state index contributed by atoms with van der Waals surface area (Å²) in [7, 11) is 0. The molecule has 1 heterocycles. The lowest BCUT2D eigenvalue weighted by Crippen LogP contribution is -1.98. The van der Waals surface area contributed by atoms with Gasteiger partial charge in [-0.2, -0.15) is 11.8 Å². The van der Waals surface area contributed by atoms with Crippen molar-refractivity contribution in [3.63, 3.8) is 0 Å². The molecule has 1 aromatic rings. The van der Waals surface area contributed by atoms with E-state index in [2.05, 4.69) is 23.8 Å². The maximum absolute atomic E-state index is 5.94. The van der Waals surface area contributed by atoms with Gasteiger partial charge in [-0.15, -0.1) is 0 Å². The van der Waals surface area contributed by atoms with Gasteiger partial charge in [0.05, 0.1) is 5.75 Å². The summed E-state index contributed by atoms with van der Waals surface area (Å²) < 4.78 is 0. The third-order valence-corrected chi connectivity index (χ3v) is 3.23. The number of aromatic nitrogens is 2. The van der Waals surface area contributed by atoms with Crippen molar-refractivity contribution in [2.45, 2.75) is 38.9 Å². The first kappa shape index (κ1) is 12.8. The average Bonchev–Trinajstić information content (AvgIpc) is 2.18. The van der Waals surface area contributed by atoms with Crippen LogP contribution in [0.5, 0.6) is 0 Å². The molecule has 4 heteroatoms. The number of hydrogen-bond donors (Lipinski definition) is 0. The van der Waals surface area contributed by atoms with Gasteiger partial charge >= 0.3 is 0 Å². The molecule has 0 unspecified atom stereocenters. The predicted octanol–water partition coefficient (Wildman–Crippen LogP) is 3.73. The summed E-state index contributed by atoms with van der Waals surface area (Å²) in [5, 5.41) is 0.570. The highest BCUT2D eigenvalue weighted by Crippen LogP contribution is 2.14. The van der Waals surface area contributed by atoms with Gasteiger partial charge < -0.3 is 0 Å². The molecular weight excluding hydrogens is 228 g/mol. The second kappa shape index (κ2) is 7.07. The molecule has 0 aliphatic carbocycles. The van der Waals surface area contributed by atoms with Gasteiger partial charge in [0.25, 0.3) is 0 Å². The third kappa shape index (κ3) is 4.85. The Morgan fingerprint density at radius 2 is 2.07 bits per heavy atom. The van der Waals surface area contributed by atoms with E-state index in [1.165, 1.54) is 6.42 Å². The number of nitrogens with zero attached hydrogens (tertiary/aromatic N) is 2. The Balaban J connectivity index is 2.62. The molecule has 2 nitrogen and oxygen atoms in total. The van der Waals surface area contributed by atoms with Gasteiger partial charge in [0.1, 0.15) is 11.0 Å². The number of hydrogen-bond acceptors (Lipinski definition) is 3. The van der Waals surface area contributed by atoms with Crippen LogP contribution in [0.3, 0.4) is 0 Å². The largest absolute Gasteiger partial charge is 0.237 e. The summed E-state index contributed by atoms with van der Waals surface area (Å²) in [6.07, 6.45) is 3.26. The SMILES string of the molecule is CCCSCc1nc(Cl)cc(CCC)n1. The summed E-state index contributed by atoms with van der Waals surface area (Å²) in [4.78, 5) is 8.70. The summed E-state index contributed by atoms with van der Waals surface area (Å²) >= 11 is 7.80. The van der Waals surface area contributed by atoms with E-state index in [0.29, 0.717) is 5.15 Å². The van der Waals surface area contributed by atoms with E-state index < -0.39 is 0 Å². The maximum atomic E-state index is 5.94. The van der Waals surface area contributed by atoms with Crippen LogP contribution in [0.15, 0.2) is 6.07 Å². The zero-order chi connectivity index (χ0) is 11.1. The molecule has 0 amide bonds. The highest BCUT2D eigenvalue weighted by molar-refractivity contribution is 7.98. The van der Waals surface area contributed by atoms with Gasteiger partial charge in [0.15, 0.2) is 0 Å². The predicted molar refractivity (Wildman–Crippen MR) is 67.5 cm³/mol. The van der Waals surface area contributed by atoms with Gasteiger partial charge in [-0.3, -0.25) is 0 Å². The number of thioether (sulfide) groups is 1. The highest BCUT2D eigenvalue weighted by Gasteiger charge is 2.02. The van der Waals surface area contributed by atoms with Gasteiger partial charge in [-0.1, -0.05) is 31.9 Å². The van der Waals surface area contributed by atoms with Gasteiger partial charge in [-0.05, 0) is 24.7 Å². The second-order valence-electron chi connectivity index (χ2n) is 3.40. The molecule has 0 aromatic carbocycles. The van der Waals surface area contributed by atoms with Crippen molar-refractivity contribution in [2.24, 2.45) is 0 Å². The van der Waals surface area contributed by atoms with Crippen LogP contribution in [-0.2, 0) is 12.2 Å². The lowest BCUT2D eigenvalue weighted by Gasteiger charge is -2.03. The van der Waals surface area contributed by atoms with Crippen molar-refractivity contribution >= 4 is 23.4 Å². The highest BCUT2D eigenvalue weighted by atomic mass is 35.5. The molecule has 0 atom stereocenters. The Morgan fingerprint density at radius 1 is 1.27 bits per heavy atom. The van der Waals surface area contributed by atoms with Crippen LogP contribution < -0.4 is 0 Å². The summed E-state index contributed by atoms with van der Waals surface area (Å²) in [5.41, 5.74) is 1.06. The van der Waals surface area contributed by atoms with Crippen molar-refractivity contribution < 1.29 is 0 Å². The van der Waals surface area contributed by atoms with Crippen molar-refractivity contribution in [1.29, 1.82) is 0 Å². The number of aryl methyl sites for hydroxylation is 1. The summed E-state index contributed by atoms with van der Waals surface area (Å²) in [6.45, 7) is 4.32. The molecule has 84 valence electrons. The molecule has 15 heavy (non-hydrogen) atoms. The molecular formula is C11H17ClN2S. The summed E-state index contributed by atoms with van der Waals surface area (Å²) in [6, 6.07) is 1.86. The fourth-order valence-electron chi connectivity index (χ4n) is 1.27. The smallest absolute Gasteiger partial charge is 0.140 e. The third-order valence-electron chi connectivity index (χ3n) is 1.88. The Labute approximate surface area is 101 Å². The van der Waals surface area contributed by atoms with E-state index in [1.54, 1.807) is 0 Å². The van der Waals surface area contributed by atoms with E-state index in [9.17, 15) is 0 Å². The minimum Gasteiger partial charge on any atom is -0.237 e. The van der Waals surface area contributed by atoms with Crippen LogP contribution in [0.25, 0.3) is 0 Å².